The molecule has 5 nitrogen and oxygen atoms in total. The highest BCUT2D eigenvalue weighted by atomic mass is 35.5. The Labute approximate surface area is 117 Å². The van der Waals surface area contributed by atoms with Crippen molar-refractivity contribution in [1.29, 1.82) is 5.41 Å². The van der Waals surface area contributed by atoms with Gasteiger partial charge < -0.3 is 15.9 Å². The Balaban J connectivity index is 3.12. The Kier molecular flexibility index (Phi) is 5.05. The van der Waals surface area contributed by atoms with Gasteiger partial charge in [0.1, 0.15) is 0 Å². The Morgan fingerprint density at radius 2 is 2.00 bits per heavy atom. The van der Waals surface area contributed by atoms with Crippen molar-refractivity contribution in [1.82, 2.24) is 10.8 Å². The molecule has 19 heavy (non-hydrogen) atoms. The van der Waals surface area contributed by atoms with Crippen LogP contribution in [0.5, 0.6) is 0 Å². The largest absolute Gasteiger partial charge is 0.352 e. The lowest BCUT2D eigenvalue weighted by Crippen LogP contribution is -2.60. The molecule has 0 heterocycles. The molecule has 6 heteroatoms. The highest BCUT2D eigenvalue weighted by Gasteiger charge is 2.39. The topological polar surface area (TPSA) is 85.2 Å². The number of amides is 1. The van der Waals surface area contributed by atoms with Crippen LogP contribution >= 0.6 is 11.6 Å². The lowest BCUT2D eigenvalue weighted by Gasteiger charge is -2.29. The minimum absolute atomic E-state index is 0.0979. The molecule has 1 unspecified atom stereocenters. The van der Waals surface area contributed by atoms with Crippen molar-refractivity contribution in [3.8, 4) is 0 Å². The molecule has 0 aromatic heterocycles. The van der Waals surface area contributed by atoms with Gasteiger partial charge in [0, 0.05) is 16.6 Å². The van der Waals surface area contributed by atoms with E-state index in [1.165, 1.54) is 6.92 Å². The average molecular weight is 284 g/mol. The van der Waals surface area contributed by atoms with Gasteiger partial charge in [-0.3, -0.25) is 4.79 Å². The molecule has 0 aliphatic heterocycles. The van der Waals surface area contributed by atoms with Gasteiger partial charge in [0.25, 0.3) is 0 Å². The number of nitrogens with one attached hydrogen (secondary N) is 3. The molecule has 0 fully saturated rings. The summed E-state index contributed by atoms with van der Waals surface area (Å²) < 4.78 is 0. The molecule has 104 valence electrons. The van der Waals surface area contributed by atoms with Crippen LogP contribution in [0.15, 0.2) is 24.3 Å². The van der Waals surface area contributed by atoms with E-state index in [0.717, 1.165) is 0 Å². The molecule has 0 aliphatic rings. The highest BCUT2D eigenvalue weighted by Crippen LogP contribution is 2.21. The fraction of sp³-hybridized carbons (Fsp3) is 0.385. The van der Waals surface area contributed by atoms with Gasteiger partial charge in [-0.2, -0.15) is 5.48 Å². The van der Waals surface area contributed by atoms with Gasteiger partial charge in [0.15, 0.2) is 5.54 Å². The van der Waals surface area contributed by atoms with Crippen molar-refractivity contribution in [2.45, 2.75) is 32.4 Å². The van der Waals surface area contributed by atoms with Crippen LogP contribution in [0.4, 0.5) is 0 Å². The Morgan fingerprint density at radius 3 is 2.47 bits per heavy atom. The van der Waals surface area contributed by atoms with E-state index in [2.05, 4.69) is 5.32 Å². The third kappa shape index (κ3) is 3.32. The third-order valence-electron chi connectivity index (χ3n) is 2.74. The summed E-state index contributed by atoms with van der Waals surface area (Å²) in [5.74, 6) is -0.491. The van der Waals surface area contributed by atoms with Crippen LogP contribution in [0, 0.1) is 5.41 Å². The van der Waals surface area contributed by atoms with Crippen molar-refractivity contribution < 1.29 is 10.0 Å². The third-order valence-corrected chi connectivity index (χ3v) is 3.07. The maximum atomic E-state index is 12.1. The second kappa shape index (κ2) is 6.14. The average Bonchev–Trinajstić information content (AvgIpc) is 2.36. The van der Waals surface area contributed by atoms with Gasteiger partial charge in [-0.1, -0.05) is 29.8 Å². The summed E-state index contributed by atoms with van der Waals surface area (Å²) >= 11 is 6.01. The van der Waals surface area contributed by atoms with E-state index in [1.54, 1.807) is 38.1 Å². The van der Waals surface area contributed by atoms with E-state index < -0.39 is 11.4 Å². The number of carbonyl (C=O) groups is 1. The fourth-order valence-electron chi connectivity index (χ4n) is 1.56. The van der Waals surface area contributed by atoms with E-state index in [1.807, 2.05) is 5.48 Å². The number of hydroxylamine groups is 1. The first-order valence-electron chi connectivity index (χ1n) is 5.89. The summed E-state index contributed by atoms with van der Waals surface area (Å²) in [5, 5.41) is 20.4. The lowest BCUT2D eigenvalue weighted by molar-refractivity contribution is -0.128. The quantitative estimate of drug-likeness (QED) is 0.492. The maximum Gasteiger partial charge on any atom is 0.248 e. The van der Waals surface area contributed by atoms with Gasteiger partial charge in [-0.15, -0.1) is 0 Å². The van der Waals surface area contributed by atoms with Crippen LogP contribution < -0.4 is 10.8 Å². The first-order chi connectivity index (χ1) is 8.82. The number of benzene rings is 1. The Hall–Kier alpha value is -1.43. The molecular formula is C13H18ClN3O2. The van der Waals surface area contributed by atoms with Crippen LogP contribution in [0.25, 0.3) is 0 Å². The maximum absolute atomic E-state index is 12.1. The van der Waals surface area contributed by atoms with E-state index >= 15 is 0 Å². The first kappa shape index (κ1) is 15.6. The first-order valence-corrected chi connectivity index (χ1v) is 6.27. The highest BCUT2D eigenvalue weighted by molar-refractivity contribution is 6.35. The molecular weight excluding hydrogens is 266 g/mol. The Bertz CT molecular complexity index is 491. The second-order valence-corrected chi connectivity index (χ2v) is 5.13. The van der Waals surface area contributed by atoms with Crippen molar-refractivity contribution in [2.24, 2.45) is 0 Å². The van der Waals surface area contributed by atoms with E-state index in [4.69, 9.17) is 17.0 Å². The number of hydrogen-bond acceptors (Lipinski definition) is 4. The summed E-state index contributed by atoms with van der Waals surface area (Å²) in [6.45, 7) is 5.03. The van der Waals surface area contributed by atoms with E-state index in [9.17, 15) is 10.0 Å². The predicted octanol–water partition coefficient (Wildman–Crippen LogP) is 1.97. The molecule has 0 bridgehead atoms. The van der Waals surface area contributed by atoms with Crippen LogP contribution in [0.3, 0.4) is 0 Å². The zero-order valence-corrected chi connectivity index (χ0v) is 11.9. The summed E-state index contributed by atoms with van der Waals surface area (Å²) in [5.41, 5.74) is 0.651. The van der Waals surface area contributed by atoms with Gasteiger partial charge in [-0.05, 0) is 26.8 Å². The van der Waals surface area contributed by atoms with Crippen LogP contribution in [0.2, 0.25) is 5.02 Å². The fourth-order valence-corrected chi connectivity index (χ4v) is 1.79. The zero-order valence-electron chi connectivity index (χ0n) is 11.1. The number of halogens is 1. The van der Waals surface area contributed by atoms with Gasteiger partial charge in [0.2, 0.25) is 5.91 Å². The number of rotatable bonds is 5. The molecule has 0 spiro atoms. The van der Waals surface area contributed by atoms with E-state index in [0.29, 0.717) is 10.6 Å². The van der Waals surface area contributed by atoms with Crippen LogP contribution in [0.1, 0.15) is 26.3 Å². The molecule has 1 amide bonds. The molecule has 1 rings (SSSR count). The number of hydrogen-bond donors (Lipinski definition) is 4. The molecule has 1 aromatic rings. The standard InChI is InChI=1S/C13H18ClN3O2/c1-8(2)16-12(18)13(3,17-19)11(15)9-6-4-5-7-10(9)14/h4-8,15,17,19H,1-3H3,(H,16,18). The summed E-state index contributed by atoms with van der Waals surface area (Å²) in [7, 11) is 0. The summed E-state index contributed by atoms with van der Waals surface area (Å²) in [4.78, 5) is 12.1. The second-order valence-electron chi connectivity index (χ2n) is 4.72. The van der Waals surface area contributed by atoms with Gasteiger partial charge in [0.05, 0.1) is 5.71 Å². The van der Waals surface area contributed by atoms with Crippen molar-refractivity contribution in [3.05, 3.63) is 34.9 Å². The SMILES string of the molecule is CC(C)NC(=O)C(C)(NO)C(=N)c1ccccc1Cl. The zero-order chi connectivity index (χ0) is 14.6. The van der Waals surface area contributed by atoms with Crippen molar-refractivity contribution >= 4 is 23.2 Å². The van der Waals surface area contributed by atoms with E-state index in [-0.39, 0.29) is 11.8 Å². The molecule has 0 aliphatic carbocycles. The molecule has 0 radical (unpaired) electrons. The Morgan fingerprint density at radius 1 is 1.42 bits per heavy atom. The number of carbonyl (C=O) groups excluding carboxylic acids is 1. The normalized spacial score (nSPS) is 14.0. The van der Waals surface area contributed by atoms with Crippen molar-refractivity contribution in [3.63, 3.8) is 0 Å². The van der Waals surface area contributed by atoms with Crippen LogP contribution in [-0.4, -0.2) is 28.4 Å². The molecule has 1 aromatic carbocycles. The van der Waals surface area contributed by atoms with Gasteiger partial charge >= 0.3 is 0 Å². The summed E-state index contributed by atoms with van der Waals surface area (Å²) in [6.07, 6.45) is 0. The molecule has 0 saturated carbocycles. The van der Waals surface area contributed by atoms with Crippen molar-refractivity contribution in [2.75, 3.05) is 0 Å². The van der Waals surface area contributed by atoms with Crippen LogP contribution in [-0.2, 0) is 4.79 Å². The lowest BCUT2D eigenvalue weighted by atomic mass is 9.90. The molecule has 4 N–H and O–H groups in total. The smallest absolute Gasteiger partial charge is 0.248 e. The summed E-state index contributed by atoms with van der Waals surface area (Å²) in [6, 6.07) is 6.61. The van der Waals surface area contributed by atoms with Gasteiger partial charge in [-0.25, -0.2) is 0 Å². The predicted molar refractivity (Wildman–Crippen MR) is 74.9 cm³/mol. The molecule has 1 atom stereocenters. The minimum Gasteiger partial charge on any atom is -0.352 e. The molecule has 0 saturated heterocycles. The monoisotopic (exact) mass is 283 g/mol. The minimum atomic E-state index is -1.56.